The van der Waals surface area contributed by atoms with Gasteiger partial charge in [0.1, 0.15) is 0 Å². The topological polar surface area (TPSA) is 50.2 Å². The van der Waals surface area contributed by atoms with E-state index in [0.29, 0.717) is 5.02 Å². The highest BCUT2D eigenvalue weighted by atomic mass is 35.5. The van der Waals surface area contributed by atoms with Gasteiger partial charge in [0.15, 0.2) is 4.34 Å². The van der Waals surface area contributed by atoms with Crippen molar-refractivity contribution >= 4 is 40.7 Å². The zero-order chi connectivity index (χ0) is 13.1. The Kier molecular flexibility index (Phi) is 4.27. The summed E-state index contributed by atoms with van der Waals surface area (Å²) in [5.41, 5.74) is 1.89. The largest absolute Gasteiger partial charge is 0.481 e. The van der Waals surface area contributed by atoms with Crippen LogP contribution in [-0.4, -0.2) is 21.8 Å². The average molecular weight is 300 g/mol. The van der Waals surface area contributed by atoms with Gasteiger partial charge in [-0.25, -0.2) is 4.98 Å². The van der Waals surface area contributed by atoms with Crippen LogP contribution in [0.25, 0.3) is 11.3 Å². The van der Waals surface area contributed by atoms with E-state index in [2.05, 4.69) is 4.98 Å². The molecule has 2 aromatic rings. The van der Waals surface area contributed by atoms with Gasteiger partial charge in [-0.1, -0.05) is 35.5 Å². The number of nitrogens with zero attached hydrogens (tertiary/aromatic N) is 1. The highest BCUT2D eigenvalue weighted by Gasteiger charge is 2.11. The molecule has 94 valence electrons. The van der Waals surface area contributed by atoms with Gasteiger partial charge in [-0.05, 0) is 19.1 Å². The number of carboxylic acid groups (broad SMARTS) is 1. The van der Waals surface area contributed by atoms with E-state index >= 15 is 0 Å². The van der Waals surface area contributed by atoms with Crippen LogP contribution in [0.15, 0.2) is 28.6 Å². The summed E-state index contributed by atoms with van der Waals surface area (Å²) in [6.45, 7) is 1.98. The van der Waals surface area contributed by atoms with Gasteiger partial charge in [-0.2, -0.15) is 0 Å². The van der Waals surface area contributed by atoms with E-state index in [1.54, 1.807) is 0 Å². The van der Waals surface area contributed by atoms with Gasteiger partial charge in [-0.15, -0.1) is 11.3 Å². The Morgan fingerprint density at radius 1 is 1.44 bits per heavy atom. The second-order valence-electron chi connectivity index (χ2n) is 3.57. The molecule has 1 aromatic heterocycles. The zero-order valence-electron chi connectivity index (χ0n) is 9.51. The molecule has 0 bridgehead atoms. The normalized spacial score (nSPS) is 10.6. The Morgan fingerprint density at radius 3 is 2.72 bits per heavy atom. The van der Waals surface area contributed by atoms with Crippen molar-refractivity contribution in [2.45, 2.75) is 11.3 Å². The van der Waals surface area contributed by atoms with Crippen LogP contribution in [0.1, 0.15) is 4.88 Å². The predicted octanol–water partition coefficient (Wildman–Crippen LogP) is 3.95. The molecule has 0 radical (unpaired) electrons. The van der Waals surface area contributed by atoms with Crippen LogP contribution in [0.3, 0.4) is 0 Å². The molecule has 2 rings (SSSR count). The van der Waals surface area contributed by atoms with Crippen LogP contribution in [-0.2, 0) is 4.79 Å². The van der Waals surface area contributed by atoms with E-state index in [1.807, 2.05) is 31.2 Å². The van der Waals surface area contributed by atoms with Crippen molar-refractivity contribution in [3.63, 3.8) is 0 Å². The lowest BCUT2D eigenvalue weighted by Crippen LogP contribution is -1.96. The smallest absolute Gasteiger partial charge is 0.313 e. The third-order valence-corrected chi connectivity index (χ3v) is 4.56. The van der Waals surface area contributed by atoms with Gasteiger partial charge in [0.2, 0.25) is 0 Å². The van der Waals surface area contributed by atoms with Crippen LogP contribution >= 0.6 is 34.7 Å². The van der Waals surface area contributed by atoms with E-state index < -0.39 is 5.97 Å². The zero-order valence-corrected chi connectivity index (χ0v) is 11.9. The van der Waals surface area contributed by atoms with E-state index in [-0.39, 0.29) is 5.75 Å². The summed E-state index contributed by atoms with van der Waals surface area (Å²) in [7, 11) is 0. The van der Waals surface area contributed by atoms with E-state index in [1.165, 1.54) is 23.1 Å². The molecule has 1 heterocycles. The first kappa shape index (κ1) is 13.4. The van der Waals surface area contributed by atoms with Crippen molar-refractivity contribution in [3.8, 4) is 11.3 Å². The minimum Gasteiger partial charge on any atom is -0.481 e. The number of thioether (sulfide) groups is 1. The maximum atomic E-state index is 10.5. The number of aryl methyl sites for hydroxylation is 1. The van der Waals surface area contributed by atoms with Gasteiger partial charge >= 0.3 is 5.97 Å². The van der Waals surface area contributed by atoms with Crippen molar-refractivity contribution in [2.24, 2.45) is 0 Å². The molecule has 3 nitrogen and oxygen atoms in total. The van der Waals surface area contributed by atoms with Gasteiger partial charge in [0, 0.05) is 15.5 Å². The monoisotopic (exact) mass is 299 g/mol. The second kappa shape index (κ2) is 5.73. The molecular formula is C12H10ClNO2S2. The van der Waals surface area contributed by atoms with E-state index in [4.69, 9.17) is 16.7 Å². The summed E-state index contributed by atoms with van der Waals surface area (Å²) in [6.07, 6.45) is 0. The van der Waals surface area contributed by atoms with E-state index in [9.17, 15) is 4.79 Å². The summed E-state index contributed by atoms with van der Waals surface area (Å²) in [6, 6.07) is 7.46. The maximum absolute atomic E-state index is 10.5. The van der Waals surface area contributed by atoms with Crippen molar-refractivity contribution in [2.75, 3.05) is 5.75 Å². The number of aromatic nitrogens is 1. The summed E-state index contributed by atoms with van der Waals surface area (Å²) >= 11 is 8.60. The molecule has 1 N–H and O–H groups in total. The third-order valence-electron chi connectivity index (χ3n) is 2.21. The SMILES string of the molecule is Cc1sc(SCC(=O)O)nc1-c1ccc(Cl)cc1. The molecule has 0 atom stereocenters. The Morgan fingerprint density at radius 2 is 2.11 bits per heavy atom. The van der Waals surface area contributed by atoms with Crippen molar-refractivity contribution in [1.82, 2.24) is 4.98 Å². The molecule has 6 heteroatoms. The number of hydrogen-bond acceptors (Lipinski definition) is 4. The summed E-state index contributed by atoms with van der Waals surface area (Å²) < 4.78 is 0.778. The lowest BCUT2D eigenvalue weighted by atomic mass is 10.1. The average Bonchev–Trinajstić information content (AvgIpc) is 2.69. The Bertz CT molecular complexity index is 566. The molecule has 18 heavy (non-hydrogen) atoms. The number of aliphatic carboxylic acids is 1. The highest BCUT2D eigenvalue weighted by molar-refractivity contribution is 8.01. The van der Waals surface area contributed by atoms with Gasteiger partial charge < -0.3 is 5.11 Å². The molecule has 0 saturated heterocycles. The Hall–Kier alpha value is -1.04. The number of carbonyl (C=O) groups is 1. The Labute approximate surface area is 118 Å². The van der Waals surface area contributed by atoms with Crippen LogP contribution in [0.2, 0.25) is 5.02 Å². The van der Waals surface area contributed by atoms with Crippen LogP contribution in [0, 0.1) is 6.92 Å². The molecule has 0 spiro atoms. The molecular weight excluding hydrogens is 290 g/mol. The lowest BCUT2D eigenvalue weighted by Gasteiger charge is -1.98. The third kappa shape index (κ3) is 3.25. The number of carboxylic acids is 1. The van der Waals surface area contributed by atoms with Crippen LogP contribution in [0.4, 0.5) is 0 Å². The second-order valence-corrected chi connectivity index (χ2v) is 6.44. The Balaban J connectivity index is 2.23. The molecule has 0 saturated carbocycles. The number of thiazole rings is 1. The molecule has 0 aliphatic rings. The van der Waals surface area contributed by atoms with Crippen LogP contribution < -0.4 is 0 Å². The minimum absolute atomic E-state index is 0.0347. The standard InChI is InChI=1S/C12H10ClNO2S2/c1-7-11(8-2-4-9(13)5-3-8)14-12(18-7)17-6-10(15)16/h2-5H,6H2,1H3,(H,15,16). The summed E-state index contributed by atoms with van der Waals surface area (Å²) in [4.78, 5) is 16.0. The van der Waals surface area contributed by atoms with Crippen molar-refractivity contribution < 1.29 is 9.90 Å². The van der Waals surface area contributed by atoms with Crippen molar-refractivity contribution in [1.29, 1.82) is 0 Å². The quantitative estimate of drug-likeness (QED) is 0.869. The maximum Gasteiger partial charge on any atom is 0.313 e. The van der Waals surface area contributed by atoms with Crippen molar-refractivity contribution in [3.05, 3.63) is 34.2 Å². The molecule has 0 amide bonds. The van der Waals surface area contributed by atoms with E-state index in [0.717, 1.165) is 20.5 Å². The number of benzene rings is 1. The molecule has 1 aromatic carbocycles. The first-order valence-corrected chi connectivity index (χ1v) is 7.32. The predicted molar refractivity (Wildman–Crippen MR) is 75.7 cm³/mol. The first-order chi connectivity index (χ1) is 8.56. The number of hydrogen-bond donors (Lipinski definition) is 1. The molecule has 0 aliphatic carbocycles. The van der Waals surface area contributed by atoms with Gasteiger partial charge in [-0.3, -0.25) is 4.79 Å². The summed E-state index contributed by atoms with van der Waals surface area (Å²) in [5, 5.41) is 9.33. The number of halogens is 1. The van der Waals surface area contributed by atoms with Gasteiger partial charge in [0.05, 0.1) is 11.4 Å². The highest BCUT2D eigenvalue weighted by Crippen LogP contribution is 2.33. The summed E-state index contributed by atoms with van der Waals surface area (Å²) in [5.74, 6) is -0.798. The van der Waals surface area contributed by atoms with Crippen LogP contribution in [0.5, 0.6) is 0 Å². The van der Waals surface area contributed by atoms with Gasteiger partial charge in [0.25, 0.3) is 0 Å². The fourth-order valence-electron chi connectivity index (χ4n) is 1.43. The minimum atomic E-state index is -0.833. The first-order valence-electron chi connectivity index (χ1n) is 5.14. The molecule has 0 aliphatic heterocycles. The fourth-order valence-corrected chi connectivity index (χ4v) is 3.41. The fraction of sp³-hybridized carbons (Fsp3) is 0.167. The molecule has 0 fully saturated rings. The molecule has 0 unspecified atom stereocenters. The number of rotatable bonds is 4. The lowest BCUT2D eigenvalue weighted by molar-refractivity contribution is -0.133.